The third-order valence-corrected chi connectivity index (χ3v) is 9.56. The van der Waals surface area contributed by atoms with Crippen LogP contribution in [0.25, 0.3) is 0 Å². The number of hydrogen-bond acceptors (Lipinski definition) is 2. The summed E-state index contributed by atoms with van der Waals surface area (Å²) in [6.45, 7) is 5.53. The first kappa shape index (κ1) is 17.5. The fourth-order valence-corrected chi connectivity index (χ4v) is 8.08. The van der Waals surface area contributed by atoms with E-state index in [1.54, 1.807) is 19.8 Å². The largest absolute Gasteiger partial charge is 0.350 e. The van der Waals surface area contributed by atoms with Crippen molar-refractivity contribution in [2.75, 3.05) is 19.6 Å². The van der Waals surface area contributed by atoms with E-state index in [1.807, 2.05) is 0 Å². The van der Waals surface area contributed by atoms with E-state index < -0.39 is 0 Å². The number of amides is 1. The molecule has 4 aliphatic carbocycles. The zero-order valence-corrected chi connectivity index (χ0v) is 17.3. The molecule has 0 bridgehead atoms. The third-order valence-electron chi connectivity index (χ3n) is 9.56. The third kappa shape index (κ3) is 2.47. The molecule has 1 aromatic carbocycles. The number of nitrogens with zero attached hydrogens (tertiary/aromatic N) is 1. The highest BCUT2D eigenvalue weighted by Crippen LogP contribution is 2.77. The van der Waals surface area contributed by atoms with Gasteiger partial charge in [0.25, 0.3) is 0 Å². The zero-order valence-electron chi connectivity index (χ0n) is 17.3. The molecule has 3 heteroatoms. The normalized spacial score (nSPS) is 40.2. The van der Waals surface area contributed by atoms with E-state index in [-0.39, 0.29) is 13.4 Å². The summed E-state index contributed by atoms with van der Waals surface area (Å²) >= 11 is 0. The average molecular weight is 381 g/mol. The van der Waals surface area contributed by atoms with E-state index in [0.29, 0.717) is 5.41 Å². The van der Waals surface area contributed by atoms with Crippen molar-refractivity contribution in [2.45, 2.75) is 69.7 Å². The Hall–Kier alpha value is -1.35. The Bertz CT molecular complexity index is 800. The van der Waals surface area contributed by atoms with Gasteiger partial charge in [0.15, 0.2) is 0 Å². The van der Waals surface area contributed by atoms with Gasteiger partial charge in [-0.15, -0.1) is 0 Å². The van der Waals surface area contributed by atoms with Gasteiger partial charge in [-0.1, -0.05) is 24.3 Å². The van der Waals surface area contributed by atoms with Crippen LogP contribution in [0.4, 0.5) is 0 Å². The molecule has 152 valence electrons. The maximum atomic E-state index is 11.7. The van der Waals surface area contributed by atoms with Crippen LogP contribution in [0.15, 0.2) is 24.3 Å². The minimum atomic E-state index is 0. The highest BCUT2D eigenvalue weighted by atomic mass is 16.1. The van der Waals surface area contributed by atoms with Gasteiger partial charge in [-0.2, -0.15) is 0 Å². The van der Waals surface area contributed by atoms with Crippen molar-refractivity contribution < 1.29 is 6.22 Å². The number of carbonyl (C=O) groups excluding carboxylic acids is 1. The molecule has 4 unspecified atom stereocenters. The van der Waals surface area contributed by atoms with Crippen LogP contribution in [0.2, 0.25) is 0 Å². The first-order chi connectivity index (χ1) is 13.6. The molecular formula is C25H36N2O. The molecule has 0 aromatic heterocycles. The summed E-state index contributed by atoms with van der Waals surface area (Å²) in [4.78, 5) is 14.4. The highest BCUT2D eigenvalue weighted by molar-refractivity contribution is 5.73. The molecule has 1 saturated heterocycles. The molecule has 6 rings (SSSR count). The lowest BCUT2D eigenvalue weighted by Crippen LogP contribution is -2.50. The maximum Gasteiger partial charge on any atom is 0.217 e. The summed E-state index contributed by atoms with van der Waals surface area (Å²) in [5.74, 6) is 3.31. The number of nitrogens with one attached hydrogen (secondary N) is 1. The first-order valence-corrected chi connectivity index (χ1v) is 11.7. The van der Waals surface area contributed by atoms with E-state index in [9.17, 15) is 4.79 Å². The number of piperidine rings is 1. The number of rotatable bonds is 3. The summed E-state index contributed by atoms with van der Waals surface area (Å²) in [5.41, 5.74) is 4.11. The Morgan fingerprint density at radius 3 is 2.71 bits per heavy atom. The summed E-state index contributed by atoms with van der Waals surface area (Å²) in [6, 6.07) is 9.14. The molecule has 3 nitrogen and oxygen atoms in total. The van der Waals surface area contributed by atoms with Gasteiger partial charge in [0.2, 0.25) is 5.91 Å². The molecule has 1 aromatic rings. The average Bonchev–Trinajstić information content (AvgIpc) is 3.34. The van der Waals surface area contributed by atoms with Gasteiger partial charge in [0.05, 0.1) is 6.04 Å². The molecule has 1 amide bonds. The van der Waals surface area contributed by atoms with Gasteiger partial charge in [-0.25, -0.2) is 0 Å². The van der Waals surface area contributed by atoms with Crippen LogP contribution in [-0.2, 0) is 10.2 Å². The Labute approximate surface area is 170 Å². The lowest BCUT2D eigenvalue weighted by molar-refractivity contribution is -0.119. The maximum absolute atomic E-state index is 11.7. The lowest BCUT2D eigenvalue weighted by Gasteiger charge is -2.50. The molecule has 4 fully saturated rings. The van der Waals surface area contributed by atoms with Crippen LogP contribution < -0.4 is 5.32 Å². The van der Waals surface area contributed by atoms with Gasteiger partial charge in [-0.3, -0.25) is 4.79 Å². The second-order valence-corrected chi connectivity index (χ2v) is 10.7. The summed E-state index contributed by atoms with van der Waals surface area (Å²) in [5, 5.41) is 3.19. The molecule has 2 spiro atoms. The molecular weight excluding hydrogens is 344 g/mol. The van der Waals surface area contributed by atoms with E-state index in [0.717, 1.165) is 29.6 Å². The molecule has 5 atom stereocenters. The van der Waals surface area contributed by atoms with Gasteiger partial charge >= 0.3 is 0 Å². The zero-order chi connectivity index (χ0) is 18.9. The Morgan fingerprint density at radius 1 is 1.14 bits per heavy atom. The standard InChI is InChI=1S/C25H34N2O.H2/c1-17(28)26-23-8-9-24(22-5-3-2-4-20(22)23)10-12-27(13-11-24)16-18-14-25-15-19(25)6-7-21(18)25;/h2-5,18-19,21,23H,6-16H2,1H3,(H,26,28);1H/t18?,19?,21?,23-,25?;/m0./s1. The SMILES string of the molecule is CC(=O)N[C@H]1CCC2(CCN(CC3CC45CC4CCC35)CC2)c2ccccc21.[HH]. The molecule has 1 aliphatic heterocycles. The van der Waals surface area contributed by atoms with Crippen LogP contribution in [0, 0.1) is 23.2 Å². The predicted octanol–water partition coefficient (Wildman–Crippen LogP) is 4.67. The van der Waals surface area contributed by atoms with Crippen LogP contribution in [0.5, 0.6) is 0 Å². The number of hydrogen-bond donors (Lipinski definition) is 1. The van der Waals surface area contributed by atoms with E-state index in [1.165, 1.54) is 62.9 Å². The minimum Gasteiger partial charge on any atom is -0.350 e. The van der Waals surface area contributed by atoms with Crippen LogP contribution >= 0.6 is 0 Å². The fourth-order valence-electron chi connectivity index (χ4n) is 8.08. The van der Waals surface area contributed by atoms with Crippen molar-refractivity contribution in [3.05, 3.63) is 35.4 Å². The topological polar surface area (TPSA) is 32.3 Å². The smallest absolute Gasteiger partial charge is 0.217 e. The van der Waals surface area contributed by atoms with Crippen molar-refractivity contribution >= 4 is 5.91 Å². The van der Waals surface area contributed by atoms with Crippen molar-refractivity contribution in [3.63, 3.8) is 0 Å². The molecule has 1 N–H and O–H groups in total. The van der Waals surface area contributed by atoms with Crippen molar-refractivity contribution in [1.29, 1.82) is 0 Å². The molecule has 28 heavy (non-hydrogen) atoms. The Balaban J connectivity index is 0.00000181. The number of benzene rings is 1. The monoisotopic (exact) mass is 380 g/mol. The van der Waals surface area contributed by atoms with E-state index >= 15 is 0 Å². The summed E-state index contributed by atoms with van der Waals surface area (Å²) in [6.07, 6.45) is 11.1. The molecule has 3 saturated carbocycles. The van der Waals surface area contributed by atoms with E-state index in [4.69, 9.17) is 0 Å². The van der Waals surface area contributed by atoms with E-state index in [2.05, 4.69) is 34.5 Å². The summed E-state index contributed by atoms with van der Waals surface area (Å²) < 4.78 is 0. The van der Waals surface area contributed by atoms with Crippen LogP contribution in [0.1, 0.15) is 76.9 Å². The lowest BCUT2D eigenvalue weighted by atomic mass is 9.61. The van der Waals surface area contributed by atoms with Gasteiger partial charge in [0, 0.05) is 14.9 Å². The highest BCUT2D eigenvalue weighted by Gasteiger charge is 2.70. The number of carbonyl (C=O) groups is 1. The van der Waals surface area contributed by atoms with Crippen LogP contribution in [-0.4, -0.2) is 30.4 Å². The van der Waals surface area contributed by atoms with Crippen molar-refractivity contribution in [3.8, 4) is 0 Å². The predicted molar refractivity (Wildman–Crippen MR) is 113 cm³/mol. The van der Waals surface area contributed by atoms with Gasteiger partial charge in [-0.05, 0) is 104 Å². The van der Waals surface area contributed by atoms with Gasteiger partial charge < -0.3 is 10.2 Å². The quantitative estimate of drug-likeness (QED) is 0.826. The first-order valence-electron chi connectivity index (χ1n) is 11.7. The fraction of sp³-hybridized carbons (Fsp3) is 0.720. The van der Waals surface area contributed by atoms with Crippen LogP contribution in [0.3, 0.4) is 0 Å². The molecule has 1 heterocycles. The molecule has 0 radical (unpaired) electrons. The Morgan fingerprint density at radius 2 is 1.96 bits per heavy atom. The number of likely N-dealkylation sites (tertiary alicyclic amines) is 1. The second kappa shape index (κ2) is 6.08. The molecule has 5 aliphatic rings. The Kier molecular flexibility index (Phi) is 3.80. The van der Waals surface area contributed by atoms with Crippen molar-refractivity contribution in [1.82, 2.24) is 10.2 Å². The van der Waals surface area contributed by atoms with Gasteiger partial charge in [0.1, 0.15) is 0 Å². The minimum absolute atomic E-state index is 0. The number of fused-ring (bicyclic) bond motifs is 2. The van der Waals surface area contributed by atoms with Crippen molar-refractivity contribution in [2.24, 2.45) is 23.2 Å². The second-order valence-electron chi connectivity index (χ2n) is 10.7. The summed E-state index contributed by atoms with van der Waals surface area (Å²) in [7, 11) is 0.